The van der Waals surface area contributed by atoms with Crippen LogP contribution < -0.4 is 0 Å². The molecular formula is C19H26O3. The fourth-order valence-electron chi connectivity index (χ4n) is 5.75. The molecule has 3 aliphatic rings. The summed E-state index contributed by atoms with van der Waals surface area (Å²) in [6.45, 7) is 2.23. The third-order valence-electron chi connectivity index (χ3n) is 6.92. The number of aliphatic hydroxyl groups excluding tert-OH is 2. The Kier molecular flexibility index (Phi) is 3.28. The fourth-order valence-corrected chi connectivity index (χ4v) is 5.75. The summed E-state index contributed by atoms with van der Waals surface area (Å²) in [6, 6.07) is 5.64. The van der Waals surface area contributed by atoms with Gasteiger partial charge in [-0.05, 0) is 78.5 Å². The Bertz CT molecular complexity index is 584. The van der Waals surface area contributed by atoms with Crippen LogP contribution in [0.2, 0.25) is 0 Å². The molecule has 0 amide bonds. The van der Waals surface area contributed by atoms with E-state index in [0.717, 1.165) is 37.7 Å². The molecule has 22 heavy (non-hydrogen) atoms. The van der Waals surface area contributed by atoms with Crippen LogP contribution in [0.15, 0.2) is 18.2 Å². The summed E-state index contributed by atoms with van der Waals surface area (Å²) in [5.74, 6) is 1.33. The van der Waals surface area contributed by atoms with E-state index in [1.807, 2.05) is 6.07 Å². The van der Waals surface area contributed by atoms with Gasteiger partial charge in [0.05, 0.1) is 12.2 Å². The molecule has 2 fully saturated rings. The van der Waals surface area contributed by atoms with Crippen molar-refractivity contribution >= 4 is 0 Å². The Balaban J connectivity index is 1.75. The van der Waals surface area contributed by atoms with Gasteiger partial charge in [0, 0.05) is 0 Å². The van der Waals surface area contributed by atoms with E-state index in [2.05, 4.69) is 13.0 Å². The van der Waals surface area contributed by atoms with Crippen LogP contribution in [0.4, 0.5) is 0 Å². The molecule has 0 bridgehead atoms. The van der Waals surface area contributed by atoms with Crippen LogP contribution >= 0.6 is 0 Å². The summed E-state index contributed by atoms with van der Waals surface area (Å²) in [4.78, 5) is 0. The molecule has 3 nitrogen and oxygen atoms in total. The number of benzene rings is 1. The Hall–Kier alpha value is -1.06. The monoisotopic (exact) mass is 302 g/mol. The Morgan fingerprint density at radius 1 is 1.14 bits per heavy atom. The van der Waals surface area contributed by atoms with Crippen LogP contribution in [0.25, 0.3) is 0 Å². The maximum atomic E-state index is 10.8. The minimum Gasteiger partial charge on any atom is -0.508 e. The van der Waals surface area contributed by atoms with Crippen molar-refractivity contribution in [2.75, 3.05) is 0 Å². The molecule has 0 spiro atoms. The van der Waals surface area contributed by atoms with Gasteiger partial charge in [-0.25, -0.2) is 0 Å². The molecule has 6 unspecified atom stereocenters. The molecule has 6 atom stereocenters. The second-order valence-corrected chi connectivity index (χ2v) is 7.94. The number of hydrogen-bond acceptors (Lipinski definition) is 3. The van der Waals surface area contributed by atoms with Gasteiger partial charge in [0.1, 0.15) is 5.75 Å². The molecule has 2 saturated carbocycles. The van der Waals surface area contributed by atoms with Crippen LogP contribution in [-0.4, -0.2) is 27.5 Å². The van der Waals surface area contributed by atoms with Crippen LogP contribution in [0.5, 0.6) is 5.75 Å². The summed E-state index contributed by atoms with van der Waals surface area (Å²) in [6.07, 6.45) is 5.23. The first-order valence-corrected chi connectivity index (χ1v) is 8.68. The largest absolute Gasteiger partial charge is 0.508 e. The Labute approximate surface area is 132 Å². The average molecular weight is 302 g/mol. The minimum absolute atomic E-state index is 0.0329. The average Bonchev–Trinajstić information content (AvgIpc) is 2.48. The van der Waals surface area contributed by atoms with E-state index in [9.17, 15) is 15.3 Å². The number of hydrogen-bond donors (Lipinski definition) is 3. The molecule has 3 heteroatoms. The van der Waals surface area contributed by atoms with E-state index in [4.69, 9.17) is 0 Å². The van der Waals surface area contributed by atoms with E-state index >= 15 is 0 Å². The number of phenols is 1. The second-order valence-electron chi connectivity index (χ2n) is 7.94. The highest BCUT2D eigenvalue weighted by Gasteiger charge is 2.54. The molecule has 1 aromatic carbocycles. The van der Waals surface area contributed by atoms with Gasteiger partial charge in [-0.1, -0.05) is 19.4 Å². The molecule has 0 radical (unpaired) electrons. The summed E-state index contributed by atoms with van der Waals surface area (Å²) in [7, 11) is 0. The first-order chi connectivity index (χ1) is 10.5. The lowest BCUT2D eigenvalue weighted by molar-refractivity contribution is -0.122. The normalized spacial score (nSPS) is 43.9. The van der Waals surface area contributed by atoms with Crippen molar-refractivity contribution < 1.29 is 15.3 Å². The zero-order valence-corrected chi connectivity index (χ0v) is 13.2. The Morgan fingerprint density at radius 3 is 2.77 bits per heavy atom. The number of rotatable bonds is 0. The van der Waals surface area contributed by atoms with Gasteiger partial charge in [-0.3, -0.25) is 0 Å². The van der Waals surface area contributed by atoms with Gasteiger partial charge in [-0.15, -0.1) is 0 Å². The molecule has 0 saturated heterocycles. The number of aliphatic hydroxyl groups is 2. The molecule has 4 rings (SSSR count). The molecule has 0 aromatic heterocycles. The summed E-state index contributed by atoms with van der Waals surface area (Å²) >= 11 is 0. The first-order valence-electron chi connectivity index (χ1n) is 8.68. The highest BCUT2D eigenvalue weighted by molar-refractivity contribution is 5.41. The zero-order valence-electron chi connectivity index (χ0n) is 13.2. The molecule has 3 aliphatic carbocycles. The lowest BCUT2D eigenvalue weighted by Gasteiger charge is -2.57. The standard InChI is InChI=1S/C19H26O3/c1-19-8-7-14-13-6-5-12(20)9-11(13)10-16(21)18(14)15(19)3-2-4-17(19)22/h5-6,9,14-18,20-22H,2-4,7-8,10H2,1H3. The van der Waals surface area contributed by atoms with Crippen LogP contribution in [-0.2, 0) is 6.42 Å². The predicted octanol–water partition coefficient (Wildman–Crippen LogP) is 2.97. The van der Waals surface area contributed by atoms with Crippen molar-refractivity contribution in [3.05, 3.63) is 29.3 Å². The number of fused-ring (bicyclic) bond motifs is 5. The van der Waals surface area contributed by atoms with Gasteiger partial charge in [0.15, 0.2) is 0 Å². The van der Waals surface area contributed by atoms with Gasteiger partial charge in [0.2, 0.25) is 0 Å². The van der Waals surface area contributed by atoms with Crippen molar-refractivity contribution in [1.82, 2.24) is 0 Å². The number of phenolic OH excluding ortho intramolecular Hbond substituents is 1. The maximum absolute atomic E-state index is 10.8. The highest BCUT2D eigenvalue weighted by atomic mass is 16.3. The Morgan fingerprint density at radius 2 is 1.95 bits per heavy atom. The van der Waals surface area contributed by atoms with Crippen molar-refractivity contribution in [2.45, 2.75) is 63.6 Å². The van der Waals surface area contributed by atoms with Crippen molar-refractivity contribution in [1.29, 1.82) is 0 Å². The minimum atomic E-state index is -0.353. The lowest BCUT2D eigenvalue weighted by atomic mass is 9.49. The third kappa shape index (κ3) is 1.95. The van der Waals surface area contributed by atoms with E-state index in [1.54, 1.807) is 6.07 Å². The molecule has 0 aliphatic heterocycles. The molecule has 120 valence electrons. The second kappa shape index (κ2) is 4.97. The van der Waals surface area contributed by atoms with E-state index in [0.29, 0.717) is 18.3 Å². The van der Waals surface area contributed by atoms with Gasteiger partial charge in [0.25, 0.3) is 0 Å². The predicted molar refractivity (Wildman–Crippen MR) is 84.7 cm³/mol. The van der Waals surface area contributed by atoms with E-state index in [1.165, 1.54) is 5.56 Å². The molecule has 1 aromatic rings. The van der Waals surface area contributed by atoms with Crippen molar-refractivity contribution in [2.24, 2.45) is 17.3 Å². The smallest absolute Gasteiger partial charge is 0.115 e. The van der Waals surface area contributed by atoms with Gasteiger partial charge >= 0.3 is 0 Å². The number of aromatic hydroxyl groups is 1. The topological polar surface area (TPSA) is 60.7 Å². The van der Waals surface area contributed by atoms with Crippen molar-refractivity contribution in [3.63, 3.8) is 0 Å². The zero-order chi connectivity index (χ0) is 15.5. The van der Waals surface area contributed by atoms with Crippen LogP contribution in [0.3, 0.4) is 0 Å². The summed E-state index contributed by atoms with van der Waals surface area (Å²) in [5.41, 5.74) is 2.39. The quantitative estimate of drug-likeness (QED) is 0.690. The third-order valence-corrected chi connectivity index (χ3v) is 6.92. The maximum Gasteiger partial charge on any atom is 0.115 e. The summed E-state index contributed by atoms with van der Waals surface area (Å²) in [5, 5.41) is 31.1. The van der Waals surface area contributed by atoms with Gasteiger partial charge in [-0.2, -0.15) is 0 Å². The first kappa shape index (κ1) is 14.5. The van der Waals surface area contributed by atoms with E-state index in [-0.39, 0.29) is 29.3 Å². The van der Waals surface area contributed by atoms with E-state index < -0.39 is 0 Å². The SMILES string of the molecule is CC12CCC3c4ccc(O)cc4CC(O)C3C1CCCC2O. The van der Waals surface area contributed by atoms with Crippen molar-refractivity contribution in [3.8, 4) is 5.75 Å². The molecule has 0 heterocycles. The van der Waals surface area contributed by atoms with Gasteiger partial charge < -0.3 is 15.3 Å². The van der Waals surface area contributed by atoms with Crippen LogP contribution in [0.1, 0.15) is 56.1 Å². The fraction of sp³-hybridized carbons (Fsp3) is 0.684. The highest BCUT2D eigenvalue weighted by Crippen LogP contribution is 2.59. The molecular weight excluding hydrogens is 276 g/mol. The summed E-state index contributed by atoms with van der Waals surface area (Å²) < 4.78 is 0. The lowest BCUT2D eigenvalue weighted by Crippen LogP contribution is -2.54. The van der Waals surface area contributed by atoms with Crippen LogP contribution in [0, 0.1) is 17.3 Å². The molecule has 3 N–H and O–H groups in total.